The number of carboxylic acid groups (broad SMARTS) is 1. The number of hydrogen-bond acceptors (Lipinski definition) is 9. The number of rotatable bonds is 8. The number of benzene rings is 2. The van der Waals surface area contributed by atoms with Crippen LogP contribution in [0, 0.1) is 18.7 Å². The number of piperidine rings is 1. The van der Waals surface area contributed by atoms with Gasteiger partial charge in [0.1, 0.15) is 5.60 Å². The van der Waals surface area contributed by atoms with Gasteiger partial charge in [-0.2, -0.15) is 13.2 Å². The van der Waals surface area contributed by atoms with Crippen LogP contribution >= 0.6 is 0 Å². The molecule has 2 amide bonds. The number of carboxylic acids is 1. The van der Waals surface area contributed by atoms with Gasteiger partial charge in [-0.1, -0.05) is 0 Å². The summed E-state index contributed by atoms with van der Waals surface area (Å²) in [7, 11) is 1.42. The molecule has 5 N–H and O–H groups in total. The van der Waals surface area contributed by atoms with Gasteiger partial charge in [0.2, 0.25) is 5.91 Å². The highest BCUT2D eigenvalue weighted by molar-refractivity contribution is 5.96. The van der Waals surface area contributed by atoms with E-state index in [4.69, 9.17) is 14.6 Å². The number of likely N-dealkylation sites (tertiary alicyclic amines) is 1. The monoisotopic (exact) mass is 701 g/mol. The average molecular weight is 702 g/mol. The van der Waals surface area contributed by atoms with Gasteiger partial charge in [-0.15, -0.1) is 0 Å². The minimum absolute atomic E-state index is 0.0663. The molecule has 2 saturated heterocycles. The number of carbonyl (C=O) groups excluding carboxylic acids is 2. The van der Waals surface area contributed by atoms with Gasteiger partial charge >= 0.3 is 12.1 Å². The first-order valence-electron chi connectivity index (χ1n) is 15.5. The molecule has 0 atom stereocenters. The predicted octanol–water partition coefficient (Wildman–Crippen LogP) is 3.53. The van der Waals surface area contributed by atoms with Crippen molar-refractivity contribution in [3.05, 3.63) is 71.9 Å². The molecule has 17 heteroatoms. The van der Waals surface area contributed by atoms with E-state index in [9.17, 15) is 32.3 Å². The smallest absolute Gasteiger partial charge is 0.490 e. The highest BCUT2D eigenvalue weighted by Crippen LogP contribution is 2.29. The molecule has 4 heterocycles. The van der Waals surface area contributed by atoms with Crippen molar-refractivity contribution >= 4 is 34.9 Å². The number of aliphatic carboxylic acids is 1. The number of anilines is 2. The number of nitrogens with one attached hydrogen (secondary N) is 3. The van der Waals surface area contributed by atoms with Crippen molar-refractivity contribution in [3.63, 3.8) is 0 Å². The van der Waals surface area contributed by atoms with E-state index in [1.807, 2.05) is 23.5 Å². The Kier molecular flexibility index (Phi) is 10.6. The Hall–Kier alpha value is -5.29. The minimum Gasteiger partial charge on any atom is -0.494 e. The fourth-order valence-electron chi connectivity index (χ4n) is 5.61. The maximum atomic E-state index is 14.3. The summed E-state index contributed by atoms with van der Waals surface area (Å²) in [5, 5.41) is 26.5. The molecule has 266 valence electrons. The molecule has 0 bridgehead atoms. The van der Waals surface area contributed by atoms with Crippen molar-refractivity contribution in [2.24, 2.45) is 5.92 Å². The van der Waals surface area contributed by atoms with Gasteiger partial charge in [-0.3, -0.25) is 14.0 Å². The number of aromatic nitrogens is 3. The van der Waals surface area contributed by atoms with Crippen molar-refractivity contribution in [2.45, 2.75) is 31.5 Å². The summed E-state index contributed by atoms with van der Waals surface area (Å²) >= 11 is 0. The lowest BCUT2D eigenvalue weighted by atomic mass is 9.93. The lowest BCUT2D eigenvalue weighted by Crippen LogP contribution is -2.64. The number of amides is 2. The molecule has 4 aromatic rings. The second-order valence-corrected chi connectivity index (χ2v) is 12.0. The first kappa shape index (κ1) is 36.0. The fourth-order valence-corrected chi connectivity index (χ4v) is 5.61. The Bertz CT molecular complexity index is 1890. The number of fused-ring (bicyclic) bond motifs is 1. The number of halogens is 4. The standard InChI is InChI=1S/C31H34FN7O4.C2HF3O2/c1-19-13-22(37-27-28-35-15-25(39(28)12-9-34-27)21-3-6-26(43-2)24(32)14-21)4-5-23(19)30(41)38-10-7-20(8-11-38)29(40)36-18-31(42)16-33-17-31;3-2(4,5)1(6)7/h3-6,9,12-15,20,33,42H,7-8,10-11,16-18H2,1-2H3,(H,34,37)(H,36,40);(H,6,7). The molecular weight excluding hydrogens is 666 g/mol. The zero-order chi connectivity index (χ0) is 36.2. The number of nitrogens with zero attached hydrogens (tertiary/aromatic N) is 4. The van der Waals surface area contributed by atoms with Crippen LogP contribution in [0.15, 0.2) is 55.0 Å². The number of carbonyl (C=O) groups is 3. The van der Waals surface area contributed by atoms with E-state index in [0.29, 0.717) is 67.3 Å². The van der Waals surface area contributed by atoms with Crippen LogP contribution in [0.2, 0.25) is 0 Å². The molecule has 0 saturated carbocycles. The quantitative estimate of drug-likeness (QED) is 0.171. The van der Waals surface area contributed by atoms with Gasteiger partial charge in [0, 0.05) is 67.8 Å². The van der Waals surface area contributed by atoms with Crippen molar-refractivity contribution in [2.75, 3.05) is 45.2 Å². The van der Waals surface area contributed by atoms with Crippen LogP contribution in [0.5, 0.6) is 5.75 Å². The number of ether oxygens (including phenoxy) is 1. The molecule has 0 radical (unpaired) electrons. The molecule has 2 aliphatic rings. The van der Waals surface area contributed by atoms with Crippen molar-refractivity contribution in [3.8, 4) is 17.0 Å². The summed E-state index contributed by atoms with van der Waals surface area (Å²) in [5.74, 6) is -2.83. The number of hydrogen-bond donors (Lipinski definition) is 5. The van der Waals surface area contributed by atoms with E-state index >= 15 is 0 Å². The summed E-state index contributed by atoms with van der Waals surface area (Å²) in [6, 6.07) is 10.3. The summed E-state index contributed by atoms with van der Waals surface area (Å²) in [4.78, 5) is 45.6. The molecule has 0 unspecified atom stereocenters. The van der Waals surface area contributed by atoms with Crippen LogP contribution in [0.3, 0.4) is 0 Å². The van der Waals surface area contributed by atoms with Crippen LogP contribution in [0.4, 0.5) is 29.1 Å². The van der Waals surface area contributed by atoms with E-state index in [0.717, 1.165) is 11.3 Å². The Morgan fingerprint density at radius 2 is 1.80 bits per heavy atom. The fraction of sp³-hybridized carbons (Fsp3) is 0.364. The lowest BCUT2D eigenvalue weighted by Gasteiger charge is -2.38. The average Bonchev–Trinajstić information content (AvgIpc) is 3.51. The van der Waals surface area contributed by atoms with Gasteiger partial charge in [0.15, 0.2) is 23.0 Å². The lowest BCUT2D eigenvalue weighted by molar-refractivity contribution is -0.192. The third-order valence-electron chi connectivity index (χ3n) is 8.49. The molecule has 2 aliphatic heterocycles. The number of methoxy groups -OCH3 is 1. The van der Waals surface area contributed by atoms with E-state index in [1.165, 1.54) is 13.2 Å². The van der Waals surface area contributed by atoms with Gasteiger partial charge in [-0.05, 0) is 61.7 Å². The van der Waals surface area contributed by atoms with Gasteiger partial charge < -0.3 is 35.8 Å². The first-order valence-corrected chi connectivity index (χ1v) is 15.5. The highest BCUT2D eigenvalue weighted by atomic mass is 19.4. The Balaban J connectivity index is 0.000000630. The molecule has 50 heavy (non-hydrogen) atoms. The topological polar surface area (TPSA) is 170 Å². The zero-order valence-electron chi connectivity index (χ0n) is 27.1. The molecule has 2 aromatic carbocycles. The van der Waals surface area contributed by atoms with E-state index in [-0.39, 0.29) is 30.0 Å². The second kappa shape index (κ2) is 14.7. The number of imidazole rings is 1. The minimum atomic E-state index is -5.08. The summed E-state index contributed by atoms with van der Waals surface area (Å²) in [5.41, 5.74) is 3.22. The SMILES string of the molecule is COc1ccc(-c2cnc3c(Nc4ccc(C(=O)N5CCC(C(=O)NCC6(O)CNC6)CC5)c(C)c4)nccn23)cc1F.O=C(O)C(F)(F)F. The highest BCUT2D eigenvalue weighted by Gasteiger charge is 2.38. The van der Waals surface area contributed by atoms with E-state index < -0.39 is 23.6 Å². The van der Waals surface area contributed by atoms with Gasteiger partial charge in [0.05, 0.1) is 19.0 Å². The first-order chi connectivity index (χ1) is 23.7. The second-order valence-electron chi connectivity index (χ2n) is 12.0. The molecular formula is C33H35F4N7O6. The molecule has 0 aliphatic carbocycles. The number of aliphatic hydroxyl groups is 1. The summed E-state index contributed by atoms with van der Waals surface area (Å²) in [6.45, 7) is 4.09. The Morgan fingerprint density at radius 3 is 2.38 bits per heavy atom. The van der Waals surface area contributed by atoms with Crippen molar-refractivity contribution < 1.29 is 46.9 Å². The third kappa shape index (κ3) is 8.11. The number of alkyl halides is 3. The molecule has 6 rings (SSSR count). The maximum absolute atomic E-state index is 14.3. The normalized spacial score (nSPS) is 15.8. The van der Waals surface area contributed by atoms with E-state index in [2.05, 4.69) is 25.9 Å². The van der Waals surface area contributed by atoms with Crippen LogP contribution < -0.4 is 20.7 Å². The zero-order valence-corrected chi connectivity index (χ0v) is 27.1. The predicted molar refractivity (Wildman–Crippen MR) is 173 cm³/mol. The molecule has 2 aromatic heterocycles. The van der Waals surface area contributed by atoms with Crippen LogP contribution in [0.1, 0.15) is 28.8 Å². The summed E-state index contributed by atoms with van der Waals surface area (Å²) < 4.78 is 52.9. The molecule has 0 spiro atoms. The van der Waals surface area contributed by atoms with Crippen molar-refractivity contribution in [1.29, 1.82) is 0 Å². The van der Waals surface area contributed by atoms with Gasteiger partial charge in [0.25, 0.3) is 5.91 Å². The van der Waals surface area contributed by atoms with Crippen molar-refractivity contribution in [1.82, 2.24) is 29.9 Å². The third-order valence-corrected chi connectivity index (χ3v) is 8.49. The maximum Gasteiger partial charge on any atom is 0.490 e. The number of aryl methyl sites for hydroxylation is 1. The Labute approximate surface area is 283 Å². The Morgan fingerprint density at radius 1 is 1.10 bits per heavy atom. The van der Waals surface area contributed by atoms with Crippen LogP contribution in [-0.2, 0) is 9.59 Å². The number of β-amino-alcohol motifs (C(OH)–C–C–N with tert-alkyl or cyclic N) is 1. The largest absolute Gasteiger partial charge is 0.494 e. The van der Waals surface area contributed by atoms with Crippen LogP contribution in [-0.4, -0.2) is 98.9 Å². The van der Waals surface area contributed by atoms with E-state index in [1.54, 1.807) is 41.7 Å². The van der Waals surface area contributed by atoms with Crippen LogP contribution in [0.25, 0.3) is 16.9 Å². The summed E-state index contributed by atoms with van der Waals surface area (Å²) in [6.07, 6.45) is 1.15. The van der Waals surface area contributed by atoms with Gasteiger partial charge in [-0.25, -0.2) is 19.2 Å². The molecule has 13 nitrogen and oxygen atoms in total. The molecule has 2 fully saturated rings.